The molecule has 0 bridgehead atoms. The van der Waals surface area contributed by atoms with Gasteiger partial charge in [0, 0.05) is 66.6 Å². The Balaban J connectivity index is 1.32. The fourth-order valence-electron chi connectivity index (χ4n) is 5.48. The topological polar surface area (TPSA) is 90.7 Å². The molecule has 210 valence electrons. The lowest BCUT2D eigenvalue weighted by Crippen LogP contribution is -2.49. The van der Waals surface area contributed by atoms with Crippen molar-refractivity contribution >= 4 is 34.8 Å². The Morgan fingerprint density at radius 3 is 2.40 bits per heavy atom. The Labute approximate surface area is 239 Å². The summed E-state index contributed by atoms with van der Waals surface area (Å²) in [6.45, 7) is 3.42. The van der Waals surface area contributed by atoms with Crippen LogP contribution in [0.1, 0.15) is 52.0 Å². The monoisotopic (exact) mass is 563 g/mol. The maximum atomic E-state index is 14.3. The first-order valence-electron chi connectivity index (χ1n) is 13.9. The average molecular weight is 564 g/mol. The quantitative estimate of drug-likeness (QED) is 0.374. The second-order valence-electron chi connectivity index (χ2n) is 10.6. The molecule has 3 aromatic rings. The molecule has 1 aliphatic heterocycles. The van der Waals surface area contributed by atoms with Gasteiger partial charge in [-0.3, -0.25) is 14.5 Å². The zero-order valence-electron chi connectivity index (χ0n) is 22.4. The highest BCUT2D eigenvalue weighted by molar-refractivity contribution is 6.31. The summed E-state index contributed by atoms with van der Waals surface area (Å²) < 4.78 is 14.3. The summed E-state index contributed by atoms with van der Waals surface area (Å²) in [5, 5.41) is 6.56. The van der Waals surface area contributed by atoms with Crippen molar-refractivity contribution in [2.24, 2.45) is 5.73 Å². The van der Waals surface area contributed by atoms with E-state index in [4.69, 9.17) is 17.3 Å². The summed E-state index contributed by atoms with van der Waals surface area (Å²) in [6, 6.07) is 18.9. The van der Waals surface area contributed by atoms with Crippen LogP contribution in [0.2, 0.25) is 5.02 Å². The first-order valence-corrected chi connectivity index (χ1v) is 14.2. The second kappa shape index (κ2) is 12.8. The maximum Gasteiger partial charge on any atom is 0.255 e. The molecule has 2 amide bonds. The van der Waals surface area contributed by atoms with Gasteiger partial charge < -0.3 is 21.3 Å². The third-order valence-electron chi connectivity index (χ3n) is 7.80. The number of hydrogen-bond donors (Lipinski definition) is 3. The summed E-state index contributed by atoms with van der Waals surface area (Å²) in [6.07, 6.45) is 3.89. The number of para-hydroxylation sites is 1. The Morgan fingerprint density at radius 1 is 0.900 bits per heavy atom. The number of hydrogen-bond acceptors (Lipinski definition) is 5. The lowest BCUT2D eigenvalue weighted by atomic mass is 9.91. The molecule has 0 radical (unpaired) electrons. The van der Waals surface area contributed by atoms with Gasteiger partial charge in [0.05, 0.1) is 5.69 Å². The van der Waals surface area contributed by atoms with Crippen molar-refractivity contribution in [3.05, 3.63) is 94.3 Å². The largest absolute Gasteiger partial charge is 0.367 e. The Kier molecular flexibility index (Phi) is 8.99. The van der Waals surface area contributed by atoms with E-state index in [9.17, 15) is 14.0 Å². The van der Waals surface area contributed by atoms with Gasteiger partial charge in [-0.2, -0.15) is 0 Å². The van der Waals surface area contributed by atoms with E-state index in [0.29, 0.717) is 47.2 Å². The first kappa shape index (κ1) is 28.1. The third kappa shape index (κ3) is 6.81. The minimum absolute atomic E-state index is 0.0537. The summed E-state index contributed by atoms with van der Waals surface area (Å²) in [4.78, 5) is 30.6. The van der Waals surface area contributed by atoms with Crippen LogP contribution in [0.3, 0.4) is 0 Å². The SMILES string of the molecule is NC1CCCCC1NC(=O)c1ccc(CN2CCN(c3ccccc3F)CC2)c(NC(=O)c2cccc(Cl)c2)c1. The van der Waals surface area contributed by atoms with Crippen LogP contribution < -0.4 is 21.3 Å². The number of carbonyl (C=O) groups excluding carboxylic acids is 2. The highest BCUT2D eigenvalue weighted by atomic mass is 35.5. The van der Waals surface area contributed by atoms with E-state index < -0.39 is 0 Å². The van der Waals surface area contributed by atoms with Gasteiger partial charge in [0.2, 0.25) is 0 Å². The molecule has 7 nitrogen and oxygen atoms in total. The molecule has 2 unspecified atom stereocenters. The van der Waals surface area contributed by atoms with E-state index in [1.54, 1.807) is 48.5 Å². The van der Waals surface area contributed by atoms with Crippen LogP contribution in [0.4, 0.5) is 15.8 Å². The molecule has 2 aliphatic rings. The van der Waals surface area contributed by atoms with Crippen LogP contribution in [0.15, 0.2) is 66.7 Å². The summed E-state index contributed by atoms with van der Waals surface area (Å²) in [7, 11) is 0. The molecule has 1 saturated carbocycles. The molecule has 3 aromatic carbocycles. The number of nitrogens with zero attached hydrogens (tertiary/aromatic N) is 2. The number of nitrogens with one attached hydrogen (secondary N) is 2. The minimum atomic E-state index is -0.306. The highest BCUT2D eigenvalue weighted by Crippen LogP contribution is 2.25. The van der Waals surface area contributed by atoms with Gasteiger partial charge in [-0.05, 0) is 60.9 Å². The zero-order valence-corrected chi connectivity index (χ0v) is 23.2. The van der Waals surface area contributed by atoms with Crippen molar-refractivity contribution in [3.8, 4) is 0 Å². The first-order chi connectivity index (χ1) is 19.4. The van der Waals surface area contributed by atoms with Gasteiger partial charge in [0.25, 0.3) is 11.8 Å². The number of nitrogens with two attached hydrogens (primary N) is 1. The smallest absolute Gasteiger partial charge is 0.255 e. The second-order valence-corrected chi connectivity index (χ2v) is 11.0. The van der Waals surface area contributed by atoms with Crippen molar-refractivity contribution in [2.75, 3.05) is 36.4 Å². The maximum absolute atomic E-state index is 14.3. The van der Waals surface area contributed by atoms with Crippen LogP contribution in [0.5, 0.6) is 0 Å². The van der Waals surface area contributed by atoms with Crippen LogP contribution in [0.25, 0.3) is 0 Å². The predicted octanol–water partition coefficient (Wildman–Crippen LogP) is 5.05. The van der Waals surface area contributed by atoms with Crippen molar-refractivity contribution < 1.29 is 14.0 Å². The van der Waals surface area contributed by atoms with E-state index in [-0.39, 0.29) is 29.7 Å². The fraction of sp³-hybridized carbons (Fsp3) is 0.355. The number of carbonyl (C=O) groups is 2. The molecule has 1 heterocycles. The van der Waals surface area contributed by atoms with Gasteiger partial charge in [0.15, 0.2) is 0 Å². The fourth-order valence-corrected chi connectivity index (χ4v) is 5.67. The average Bonchev–Trinajstić information content (AvgIpc) is 2.96. The summed E-state index contributed by atoms with van der Waals surface area (Å²) in [5.41, 5.74) is 9.22. The molecule has 4 N–H and O–H groups in total. The van der Waals surface area contributed by atoms with E-state index in [1.807, 2.05) is 12.1 Å². The van der Waals surface area contributed by atoms with Crippen molar-refractivity contribution in [1.82, 2.24) is 10.2 Å². The van der Waals surface area contributed by atoms with Crippen LogP contribution >= 0.6 is 11.6 Å². The normalized spacial score (nSPS) is 19.7. The van der Waals surface area contributed by atoms with E-state index in [0.717, 1.165) is 44.3 Å². The highest BCUT2D eigenvalue weighted by Gasteiger charge is 2.25. The number of halogens is 2. The van der Waals surface area contributed by atoms with Crippen LogP contribution in [0, 0.1) is 5.82 Å². The third-order valence-corrected chi connectivity index (χ3v) is 8.04. The molecule has 2 fully saturated rings. The van der Waals surface area contributed by atoms with Gasteiger partial charge >= 0.3 is 0 Å². The zero-order chi connectivity index (χ0) is 28.1. The van der Waals surface area contributed by atoms with Crippen molar-refractivity contribution in [3.63, 3.8) is 0 Å². The van der Waals surface area contributed by atoms with Gasteiger partial charge in [-0.15, -0.1) is 0 Å². The summed E-state index contributed by atoms with van der Waals surface area (Å²) in [5.74, 6) is -0.726. The van der Waals surface area contributed by atoms with E-state index in [2.05, 4.69) is 20.4 Å². The standard InChI is InChI=1S/C31H35ClFN5O2/c32-24-7-5-6-21(18-24)30(39)36-28-19-22(31(40)35-27-10-3-2-9-26(27)34)12-13-23(28)20-37-14-16-38(17-15-37)29-11-4-1-8-25(29)33/h1,4-8,11-13,18-19,26-27H,2-3,9-10,14-17,20,34H2,(H,35,40)(H,36,39). The molecule has 40 heavy (non-hydrogen) atoms. The molecular formula is C31H35ClFN5O2. The van der Waals surface area contributed by atoms with E-state index in [1.165, 1.54) is 6.07 Å². The van der Waals surface area contributed by atoms with Gasteiger partial charge in [-0.25, -0.2) is 4.39 Å². The van der Waals surface area contributed by atoms with Gasteiger partial charge in [0.1, 0.15) is 5.82 Å². The van der Waals surface area contributed by atoms with Crippen LogP contribution in [-0.4, -0.2) is 55.0 Å². The van der Waals surface area contributed by atoms with Crippen molar-refractivity contribution in [1.29, 1.82) is 0 Å². The number of rotatable bonds is 7. The Morgan fingerprint density at radius 2 is 1.65 bits per heavy atom. The van der Waals surface area contributed by atoms with E-state index >= 15 is 0 Å². The number of benzene rings is 3. The molecule has 0 aromatic heterocycles. The lowest BCUT2D eigenvalue weighted by Gasteiger charge is -2.36. The van der Waals surface area contributed by atoms with Crippen molar-refractivity contribution in [2.45, 2.75) is 44.3 Å². The molecule has 2 atom stereocenters. The minimum Gasteiger partial charge on any atom is -0.367 e. The molecule has 1 saturated heterocycles. The Bertz CT molecular complexity index is 1360. The summed E-state index contributed by atoms with van der Waals surface area (Å²) >= 11 is 6.11. The number of amides is 2. The Hall–Kier alpha value is -3.46. The molecule has 5 rings (SSSR count). The number of piperazine rings is 1. The van der Waals surface area contributed by atoms with Gasteiger partial charge in [-0.1, -0.05) is 48.7 Å². The molecular weight excluding hydrogens is 529 g/mol. The lowest BCUT2D eigenvalue weighted by molar-refractivity contribution is 0.0920. The molecule has 1 aliphatic carbocycles. The number of anilines is 2. The molecule has 0 spiro atoms. The van der Waals surface area contributed by atoms with Crippen LogP contribution in [-0.2, 0) is 6.54 Å². The molecule has 9 heteroatoms. The predicted molar refractivity (Wildman–Crippen MR) is 157 cm³/mol.